The van der Waals surface area contributed by atoms with Crippen LogP contribution in [0.3, 0.4) is 0 Å². The second kappa shape index (κ2) is 8.27. The summed E-state index contributed by atoms with van der Waals surface area (Å²) in [4.78, 5) is 19.4. The van der Waals surface area contributed by atoms with Crippen LogP contribution in [0.1, 0.15) is 35.8 Å². The monoisotopic (exact) mass is 457 g/mol. The van der Waals surface area contributed by atoms with E-state index in [0.29, 0.717) is 28.2 Å². The number of hydrogen-bond acceptors (Lipinski definition) is 5. The highest BCUT2D eigenvalue weighted by molar-refractivity contribution is 6.13. The number of carbonyl (C=O) groups excluding carboxylic acids is 1. The van der Waals surface area contributed by atoms with Gasteiger partial charge >= 0.3 is 6.18 Å². The van der Waals surface area contributed by atoms with Crippen molar-refractivity contribution >= 4 is 28.3 Å². The Bertz CT molecular complexity index is 1310. The zero-order chi connectivity index (χ0) is 23.9. The van der Waals surface area contributed by atoms with Crippen molar-refractivity contribution in [2.45, 2.75) is 26.1 Å². The van der Waals surface area contributed by atoms with Crippen LogP contribution in [-0.2, 0) is 6.18 Å². The molecule has 172 valence electrons. The Balaban J connectivity index is 1.82. The highest BCUT2D eigenvalue weighted by Gasteiger charge is 2.35. The number of carbonyl (C=O) groups is 1. The van der Waals surface area contributed by atoms with E-state index >= 15 is 0 Å². The number of pyridine rings is 1. The van der Waals surface area contributed by atoms with Crippen molar-refractivity contribution < 1.29 is 22.4 Å². The van der Waals surface area contributed by atoms with Crippen molar-refractivity contribution in [2.24, 2.45) is 0 Å². The van der Waals surface area contributed by atoms with Gasteiger partial charge in [-0.1, -0.05) is 0 Å². The Morgan fingerprint density at radius 1 is 1.18 bits per heavy atom. The molecule has 0 bridgehead atoms. The first-order valence-corrected chi connectivity index (χ1v) is 10.2. The van der Waals surface area contributed by atoms with Crippen LogP contribution in [0.15, 0.2) is 53.3 Å². The van der Waals surface area contributed by atoms with E-state index in [4.69, 9.17) is 4.42 Å². The Kier molecular flexibility index (Phi) is 5.61. The molecule has 4 aromatic rings. The van der Waals surface area contributed by atoms with Gasteiger partial charge < -0.3 is 14.6 Å². The number of fused-ring (bicyclic) bond motifs is 1. The van der Waals surface area contributed by atoms with Crippen molar-refractivity contribution in [3.63, 3.8) is 0 Å². The molecular formula is C23H22F3N5O2. The summed E-state index contributed by atoms with van der Waals surface area (Å²) in [6.07, 6.45) is -1.68. The maximum absolute atomic E-state index is 13.7. The number of halogens is 3. The fraction of sp³-hybridized carbons (Fsp3) is 0.261. The Morgan fingerprint density at radius 2 is 1.94 bits per heavy atom. The number of rotatable bonds is 5. The summed E-state index contributed by atoms with van der Waals surface area (Å²) < 4.78 is 48.3. The van der Waals surface area contributed by atoms with Gasteiger partial charge in [0.25, 0.3) is 5.91 Å². The molecule has 4 rings (SSSR count). The van der Waals surface area contributed by atoms with E-state index in [1.165, 1.54) is 30.7 Å². The average molecular weight is 457 g/mol. The molecule has 33 heavy (non-hydrogen) atoms. The summed E-state index contributed by atoms with van der Waals surface area (Å²) in [6.45, 7) is 3.82. The van der Waals surface area contributed by atoms with Gasteiger partial charge in [-0.25, -0.2) is 9.67 Å². The number of hydrogen-bond donors (Lipinski definition) is 1. The van der Waals surface area contributed by atoms with Crippen LogP contribution in [0.4, 0.5) is 24.5 Å². The molecule has 1 N–H and O–H groups in total. The third-order valence-electron chi connectivity index (χ3n) is 5.15. The van der Waals surface area contributed by atoms with Crippen LogP contribution in [0.2, 0.25) is 0 Å². The fourth-order valence-electron chi connectivity index (χ4n) is 3.48. The molecule has 0 fully saturated rings. The molecule has 1 aromatic carbocycles. The molecule has 0 atom stereocenters. The third kappa shape index (κ3) is 4.28. The van der Waals surface area contributed by atoms with E-state index in [9.17, 15) is 18.0 Å². The largest absolute Gasteiger partial charge is 0.463 e. The van der Waals surface area contributed by atoms with Crippen molar-refractivity contribution in [2.75, 3.05) is 24.3 Å². The number of nitrogens with zero attached hydrogens (tertiary/aromatic N) is 4. The topological polar surface area (TPSA) is 76.2 Å². The number of furan rings is 1. The molecule has 0 saturated carbocycles. The Morgan fingerprint density at radius 3 is 2.55 bits per heavy atom. The van der Waals surface area contributed by atoms with E-state index in [1.54, 1.807) is 35.8 Å². The van der Waals surface area contributed by atoms with E-state index in [0.717, 1.165) is 6.07 Å². The molecule has 3 aromatic heterocycles. The molecule has 3 heterocycles. The van der Waals surface area contributed by atoms with Crippen LogP contribution < -0.4 is 10.2 Å². The van der Waals surface area contributed by atoms with Crippen molar-refractivity contribution in [3.8, 4) is 11.5 Å². The van der Waals surface area contributed by atoms with Crippen LogP contribution in [0.5, 0.6) is 0 Å². The minimum atomic E-state index is -4.65. The van der Waals surface area contributed by atoms with Gasteiger partial charge in [0.2, 0.25) is 0 Å². The van der Waals surface area contributed by atoms with Gasteiger partial charge in [0.15, 0.2) is 11.4 Å². The molecular weight excluding hydrogens is 435 g/mol. The van der Waals surface area contributed by atoms with Gasteiger partial charge in [0.1, 0.15) is 5.69 Å². The lowest BCUT2D eigenvalue weighted by atomic mass is 10.1. The predicted molar refractivity (Wildman–Crippen MR) is 119 cm³/mol. The number of nitrogens with one attached hydrogen (secondary N) is 1. The maximum Gasteiger partial charge on any atom is 0.418 e. The van der Waals surface area contributed by atoms with Gasteiger partial charge in [0, 0.05) is 25.8 Å². The fourth-order valence-corrected chi connectivity index (χ4v) is 3.48. The van der Waals surface area contributed by atoms with Crippen molar-refractivity contribution in [1.29, 1.82) is 0 Å². The number of amides is 1. The standard InChI is InChI=1S/C23H22F3N5O2/c1-13(2)31-21-16(12-27-31)15(11-19(28-21)20-6-5-9-33-20)22(32)29-18-8-7-14(30(3)4)10-17(18)23(24,25)26/h5-13H,1-4H3,(H,29,32). The molecule has 0 radical (unpaired) electrons. The lowest BCUT2D eigenvalue weighted by Gasteiger charge is -2.19. The Labute approximate surface area is 187 Å². The first-order valence-electron chi connectivity index (χ1n) is 10.2. The zero-order valence-electron chi connectivity index (χ0n) is 18.4. The van der Waals surface area contributed by atoms with E-state index < -0.39 is 17.6 Å². The summed E-state index contributed by atoms with van der Waals surface area (Å²) in [5, 5.41) is 7.17. The summed E-state index contributed by atoms with van der Waals surface area (Å²) in [7, 11) is 3.29. The van der Waals surface area contributed by atoms with Crippen LogP contribution in [-0.4, -0.2) is 34.8 Å². The predicted octanol–water partition coefficient (Wildman–Crippen LogP) is 5.61. The number of alkyl halides is 3. The first-order chi connectivity index (χ1) is 15.6. The van der Waals surface area contributed by atoms with Gasteiger partial charge in [-0.15, -0.1) is 0 Å². The van der Waals surface area contributed by atoms with Crippen LogP contribution in [0, 0.1) is 0 Å². The zero-order valence-corrected chi connectivity index (χ0v) is 18.4. The van der Waals surface area contributed by atoms with E-state index in [1.807, 2.05) is 13.8 Å². The highest BCUT2D eigenvalue weighted by Crippen LogP contribution is 2.37. The molecule has 7 nitrogen and oxygen atoms in total. The molecule has 0 unspecified atom stereocenters. The van der Waals surface area contributed by atoms with E-state index in [-0.39, 0.29) is 17.3 Å². The summed E-state index contributed by atoms with van der Waals surface area (Å²) >= 11 is 0. The molecule has 0 aliphatic rings. The van der Waals surface area contributed by atoms with Crippen LogP contribution in [0.25, 0.3) is 22.5 Å². The van der Waals surface area contributed by atoms with E-state index in [2.05, 4.69) is 15.4 Å². The summed E-state index contributed by atoms with van der Waals surface area (Å²) in [6, 6.07) is 8.58. The SMILES string of the molecule is CC(C)n1ncc2c(C(=O)Nc3ccc(N(C)C)cc3C(F)(F)F)cc(-c3ccco3)nc21. The first kappa shape index (κ1) is 22.4. The number of anilines is 2. The molecule has 10 heteroatoms. The smallest absolute Gasteiger partial charge is 0.418 e. The minimum Gasteiger partial charge on any atom is -0.463 e. The van der Waals surface area contributed by atoms with Gasteiger partial charge in [-0.2, -0.15) is 18.3 Å². The average Bonchev–Trinajstić information content (AvgIpc) is 3.42. The highest BCUT2D eigenvalue weighted by atomic mass is 19.4. The third-order valence-corrected chi connectivity index (χ3v) is 5.15. The molecule has 0 spiro atoms. The maximum atomic E-state index is 13.7. The van der Waals surface area contributed by atoms with Gasteiger partial charge in [-0.3, -0.25) is 4.79 Å². The second-order valence-corrected chi connectivity index (χ2v) is 8.03. The van der Waals surface area contributed by atoms with Gasteiger partial charge in [-0.05, 0) is 50.2 Å². The normalized spacial score (nSPS) is 11.9. The molecule has 0 aliphatic heterocycles. The Hall–Kier alpha value is -3.82. The molecule has 1 amide bonds. The number of aromatic nitrogens is 3. The lowest BCUT2D eigenvalue weighted by molar-refractivity contribution is -0.136. The summed E-state index contributed by atoms with van der Waals surface area (Å²) in [5.74, 6) is -0.282. The molecule has 0 aliphatic carbocycles. The van der Waals surface area contributed by atoms with Crippen LogP contribution >= 0.6 is 0 Å². The van der Waals surface area contributed by atoms with Crippen molar-refractivity contribution in [3.05, 3.63) is 60.0 Å². The van der Waals surface area contributed by atoms with Gasteiger partial charge in [0.05, 0.1) is 34.7 Å². The van der Waals surface area contributed by atoms with Crippen molar-refractivity contribution in [1.82, 2.24) is 14.8 Å². The number of benzene rings is 1. The second-order valence-electron chi connectivity index (χ2n) is 8.03. The molecule has 0 saturated heterocycles. The summed E-state index contributed by atoms with van der Waals surface area (Å²) in [5.41, 5.74) is 0.0468. The minimum absolute atomic E-state index is 0.0480. The quantitative estimate of drug-likeness (QED) is 0.422. The lowest BCUT2D eigenvalue weighted by Crippen LogP contribution is -2.18.